The molecule has 2 aliphatic heterocycles. The van der Waals surface area contributed by atoms with E-state index in [1.807, 2.05) is 30.3 Å². The van der Waals surface area contributed by atoms with Crippen molar-refractivity contribution in [1.29, 1.82) is 0 Å². The molecule has 6 nitrogen and oxygen atoms in total. The van der Waals surface area contributed by atoms with Crippen molar-refractivity contribution in [2.75, 3.05) is 13.1 Å². The molecule has 2 aromatic carbocycles. The molecule has 3 amide bonds. The SMILES string of the molecule is Cl.N[C@@H]1CCN(C(=O)c2ccc3c(c2)C(=O)N(Cc2ccccc2)C3=O)C1. The van der Waals surface area contributed by atoms with E-state index < -0.39 is 0 Å². The van der Waals surface area contributed by atoms with Crippen molar-refractivity contribution < 1.29 is 14.4 Å². The van der Waals surface area contributed by atoms with Crippen molar-refractivity contribution in [3.8, 4) is 0 Å². The molecule has 0 aromatic heterocycles. The van der Waals surface area contributed by atoms with E-state index >= 15 is 0 Å². The number of benzene rings is 2. The summed E-state index contributed by atoms with van der Waals surface area (Å²) in [6.07, 6.45) is 0.777. The third-order valence-corrected chi connectivity index (χ3v) is 4.91. The van der Waals surface area contributed by atoms with Gasteiger partial charge in [0.1, 0.15) is 0 Å². The molecule has 4 rings (SSSR count). The number of halogens is 1. The van der Waals surface area contributed by atoms with Gasteiger partial charge in [-0.2, -0.15) is 0 Å². The zero-order valence-electron chi connectivity index (χ0n) is 14.6. The van der Waals surface area contributed by atoms with Crippen LogP contribution in [0.3, 0.4) is 0 Å². The minimum Gasteiger partial charge on any atom is -0.337 e. The largest absolute Gasteiger partial charge is 0.337 e. The summed E-state index contributed by atoms with van der Waals surface area (Å²) in [5.74, 6) is -0.833. The Balaban J connectivity index is 0.00000210. The molecule has 2 heterocycles. The minimum absolute atomic E-state index is 0. The maximum absolute atomic E-state index is 12.7. The van der Waals surface area contributed by atoms with Crippen molar-refractivity contribution in [3.05, 3.63) is 70.8 Å². The van der Waals surface area contributed by atoms with Crippen LogP contribution >= 0.6 is 12.4 Å². The fraction of sp³-hybridized carbons (Fsp3) is 0.250. The molecule has 0 radical (unpaired) electrons. The lowest BCUT2D eigenvalue weighted by molar-refractivity contribution is 0.0642. The molecule has 1 atom stereocenters. The zero-order chi connectivity index (χ0) is 18.3. The average Bonchev–Trinajstić information content (AvgIpc) is 3.19. The fourth-order valence-corrected chi connectivity index (χ4v) is 3.49. The van der Waals surface area contributed by atoms with E-state index in [9.17, 15) is 14.4 Å². The van der Waals surface area contributed by atoms with Crippen LogP contribution in [0.15, 0.2) is 48.5 Å². The Kier molecular flexibility index (Phi) is 5.30. The number of fused-ring (bicyclic) bond motifs is 1. The predicted octanol–water partition coefficient (Wildman–Crippen LogP) is 2.08. The van der Waals surface area contributed by atoms with Crippen LogP contribution in [0.25, 0.3) is 0 Å². The molecule has 7 heteroatoms. The summed E-state index contributed by atoms with van der Waals surface area (Å²) in [6, 6.07) is 14.1. The number of amides is 3. The molecule has 1 fully saturated rings. The second-order valence-corrected chi connectivity index (χ2v) is 6.74. The summed E-state index contributed by atoms with van der Waals surface area (Å²) in [6.45, 7) is 1.35. The Hall–Kier alpha value is -2.70. The monoisotopic (exact) mass is 385 g/mol. The van der Waals surface area contributed by atoms with Gasteiger partial charge in [-0.15, -0.1) is 12.4 Å². The van der Waals surface area contributed by atoms with Crippen molar-refractivity contribution in [1.82, 2.24) is 9.80 Å². The molecule has 27 heavy (non-hydrogen) atoms. The first-order valence-corrected chi connectivity index (χ1v) is 8.63. The van der Waals surface area contributed by atoms with Crippen LogP contribution in [0.5, 0.6) is 0 Å². The summed E-state index contributed by atoms with van der Waals surface area (Å²) in [4.78, 5) is 40.8. The molecular weight excluding hydrogens is 366 g/mol. The van der Waals surface area contributed by atoms with Crippen LogP contribution in [0.2, 0.25) is 0 Å². The second-order valence-electron chi connectivity index (χ2n) is 6.74. The number of hydrogen-bond acceptors (Lipinski definition) is 4. The van der Waals surface area contributed by atoms with Crippen LogP contribution in [-0.4, -0.2) is 46.7 Å². The highest BCUT2D eigenvalue weighted by molar-refractivity contribution is 6.22. The lowest BCUT2D eigenvalue weighted by atomic mass is 10.0. The minimum atomic E-state index is -0.360. The van der Waals surface area contributed by atoms with E-state index in [1.54, 1.807) is 17.0 Å². The third-order valence-electron chi connectivity index (χ3n) is 4.91. The van der Waals surface area contributed by atoms with Crippen LogP contribution in [0.4, 0.5) is 0 Å². The molecule has 0 spiro atoms. The predicted molar refractivity (Wildman–Crippen MR) is 103 cm³/mol. The number of carbonyl (C=O) groups is 3. The lowest BCUT2D eigenvalue weighted by Crippen LogP contribution is -2.32. The second kappa shape index (κ2) is 7.50. The molecule has 0 unspecified atom stereocenters. The van der Waals surface area contributed by atoms with Gasteiger partial charge in [0.15, 0.2) is 0 Å². The molecular formula is C20H20ClN3O3. The lowest BCUT2D eigenvalue weighted by Gasteiger charge is -2.16. The molecule has 2 aromatic rings. The van der Waals surface area contributed by atoms with E-state index in [-0.39, 0.29) is 42.7 Å². The van der Waals surface area contributed by atoms with Crippen LogP contribution in [0, 0.1) is 0 Å². The first kappa shape index (κ1) is 19.1. The van der Waals surface area contributed by atoms with Crippen molar-refractivity contribution in [3.63, 3.8) is 0 Å². The van der Waals surface area contributed by atoms with Gasteiger partial charge in [0.05, 0.1) is 17.7 Å². The van der Waals surface area contributed by atoms with E-state index in [0.29, 0.717) is 29.8 Å². The Morgan fingerprint density at radius 2 is 1.74 bits per heavy atom. The van der Waals surface area contributed by atoms with E-state index in [2.05, 4.69) is 0 Å². The number of carbonyl (C=O) groups excluding carboxylic acids is 3. The van der Waals surface area contributed by atoms with E-state index in [0.717, 1.165) is 12.0 Å². The van der Waals surface area contributed by atoms with Gasteiger partial charge >= 0.3 is 0 Å². The summed E-state index contributed by atoms with van der Waals surface area (Å²) in [5, 5.41) is 0. The maximum Gasteiger partial charge on any atom is 0.261 e. The van der Waals surface area contributed by atoms with Gasteiger partial charge in [0, 0.05) is 24.7 Å². The van der Waals surface area contributed by atoms with Crippen LogP contribution in [0.1, 0.15) is 43.1 Å². The first-order valence-electron chi connectivity index (χ1n) is 8.63. The molecule has 1 saturated heterocycles. The number of nitrogens with zero attached hydrogens (tertiary/aromatic N) is 2. The molecule has 140 valence electrons. The normalized spacial score (nSPS) is 18.5. The summed E-state index contributed by atoms with van der Waals surface area (Å²) in [7, 11) is 0. The Morgan fingerprint density at radius 3 is 2.41 bits per heavy atom. The quantitative estimate of drug-likeness (QED) is 0.820. The van der Waals surface area contributed by atoms with Gasteiger partial charge in [-0.1, -0.05) is 30.3 Å². The summed E-state index contributed by atoms with van der Waals surface area (Å²) < 4.78 is 0. The zero-order valence-corrected chi connectivity index (χ0v) is 15.4. The third kappa shape index (κ3) is 3.46. The van der Waals surface area contributed by atoms with Gasteiger partial charge in [-0.3, -0.25) is 19.3 Å². The smallest absolute Gasteiger partial charge is 0.261 e. The Bertz CT molecular complexity index is 901. The topological polar surface area (TPSA) is 83.7 Å². The molecule has 2 aliphatic rings. The van der Waals surface area contributed by atoms with Crippen LogP contribution in [-0.2, 0) is 6.54 Å². The molecule has 0 saturated carbocycles. The van der Waals surface area contributed by atoms with E-state index in [4.69, 9.17) is 5.73 Å². The number of likely N-dealkylation sites (tertiary alicyclic amines) is 1. The fourth-order valence-electron chi connectivity index (χ4n) is 3.49. The van der Waals surface area contributed by atoms with Gasteiger partial charge in [0.25, 0.3) is 17.7 Å². The van der Waals surface area contributed by atoms with Crippen molar-refractivity contribution in [2.45, 2.75) is 19.0 Å². The van der Waals surface area contributed by atoms with Gasteiger partial charge in [0.2, 0.25) is 0 Å². The highest BCUT2D eigenvalue weighted by Crippen LogP contribution is 2.26. The molecule has 0 aliphatic carbocycles. The van der Waals surface area contributed by atoms with Gasteiger partial charge in [-0.25, -0.2) is 0 Å². The van der Waals surface area contributed by atoms with Gasteiger partial charge < -0.3 is 10.6 Å². The highest BCUT2D eigenvalue weighted by Gasteiger charge is 2.36. The maximum atomic E-state index is 12.7. The average molecular weight is 386 g/mol. The Labute approximate surface area is 163 Å². The highest BCUT2D eigenvalue weighted by atomic mass is 35.5. The number of nitrogens with two attached hydrogens (primary N) is 1. The first-order chi connectivity index (χ1) is 12.5. The molecule has 2 N–H and O–H groups in total. The Morgan fingerprint density at radius 1 is 1.04 bits per heavy atom. The number of imide groups is 1. The van der Waals surface area contributed by atoms with Crippen molar-refractivity contribution in [2.24, 2.45) is 5.73 Å². The van der Waals surface area contributed by atoms with Gasteiger partial charge in [-0.05, 0) is 30.2 Å². The summed E-state index contributed by atoms with van der Waals surface area (Å²) in [5.41, 5.74) is 7.80. The standard InChI is InChI=1S/C20H19N3O3.ClH/c21-15-8-9-22(12-15)18(24)14-6-7-16-17(10-14)20(26)23(19(16)25)11-13-4-2-1-3-5-13;/h1-7,10,15H,8-9,11-12,21H2;1H/t15-;/m1./s1. The van der Waals surface area contributed by atoms with Crippen LogP contribution < -0.4 is 5.73 Å². The number of hydrogen-bond donors (Lipinski definition) is 1. The molecule has 0 bridgehead atoms. The van der Waals surface area contributed by atoms with E-state index in [1.165, 1.54) is 11.0 Å². The number of rotatable bonds is 3. The van der Waals surface area contributed by atoms with Crippen molar-refractivity contribution >= 4 is 30.1 Å². The summed E-state index contributed by atoms with van der Waals surface area (Å²) >= 11 is 0.